The van der Waals surface area contributed by atoms with Crippen LogP contribution in [0.25, 0.3) is 0 Å². The minimum Gasteiger partial charge on any atom is -0.467 e. The van der Waals surface area contributed by atoms with Gasteiger partial charge in [0.15, 0.2) is 0 Å². The quantitative estimate of drug-likeness (QED) is 0.765. The minimum absolute atomic E-state index is 0.208. The summed E-state index contributed by atoms with van der Waals surface area (Å²) in [7, 11) is 0. The highest BCUT2D eigenvalue weighted by molar-refractivity contribution is 5.89. The molecule has 2 aromatic rings. The van der Waals surface area contributed by atoms with Gasteiger partial charge in [-0.1, -0.05) is 0 Å². The van der Waals surface area contributed by atoms with Crippen LogP contribution in [0.2, 0.25) is 0 Å². The molecule has 7 heteroatoms. The van der Waals surface area contributed by atoms with E-state index in [0.29, 0.717) is 17.9 Å². The number of urea groups is 1. The molecule has 0 fully saturated rings. The van der Waals surface area contributed by atoms with Crippen molar-refractivity contribution < 1.29 is 14.3 Å². The SMILES string of the molecule is CC(C)n1cc(NC(=O)N[C@H](C)C[C@@H](O)c2ccco2)cn1. The Morgan fingerprint density at radius 1 is 1.45 bits per heavy atom. The zero-order valence-electron chi connectivity index (χ0n) is 13.0. The van der Waals surface area contributed by atoms with E-state index < -0.39 is 6.10 Å². The van der Waals surface area contributed by atoms with Crippen molar-refractivity contribution in [2.75, 3.05) is 5.32 Å². The number of anilines is 1. The highest BCUT2D eigenvalue weighted by Gasteiger charge is 2.16. The van der Waals surface area contributed by atoms with Crippen molar-refractivity contribution in [1.29, 1.82) is 0 Å². The van der Waals surface area contributed by atoms with Gasteiger partial charge in [-0.3, -0.25) is 4.68 Å². The van der Waals surface area contributed by atoms with Crippen LogP contribution in [0, 0.1) is 0 Å². The molecule has 2 amide bonds. The number of amides is 2. The van der Waals surface area contributed by atoms with Gasteiger partial charge in [-0.25, -0.2) is 4.79 Å². The first kappa shape index (κ1) is 16.1. The number of rotatable bonds is 6. The molecule has 0 saturated carbocycles. The highest BCUT2D eigenvalue weighted by Crippen LogP contribution is 2.18. The first-order valence-corrected chi connectivity index (χ1v) is 7.29. The molecule has 0 radical (unpaired) electrons. The van der Waals surface area contributed by atoms with E-state index in [-0.39, 0.29) is 18.1 Å². The number of furan rings is 1. The Labute approximate surface area is 129 Å². The normalized spacial score (nSPS) is 13.9. The summed E-state index contributed by atoms with van der Waals surface area (Å²) in [5, 5.41) is 19.6. The fourth-order valence-electron chi connectivity index (χ4n) is 2.07. The van der Waals surface area contributed by atoms with Crippen LogP contribution in [0.5, 0.6) is 0 Å². The predicted molar refractivity (Wildman–Crippen MR) is 82.5 cm³/mol. The third-order valence-corrected chi connectivity index (χ3v) is 3.21. The lowest BCUT2D eigenvalue weighted by molar-refractivity contribution is 0.130. The van der Waals surface area contributed by atoms with E-state index in [1.54, 1.807) is 29.2 Å². The molecule has 0 aliphatic rings. The van der Waals surface area contributed by atoms with Gasteiger partial charge in [-0.05, 0) is 32.9 Å². The summed E-state index contributed by atoms with van der Waals surface area (Å²) in [6.45, 7) is 5.84. The lowest BCUT2D eigenvalue weighted by Gasteiger charge is -2.16. The Bertz CT molecular complexity index is 592. The van der Waals surface area contributed by atoms with Crippen molar-refractivity contribution in [2.24, 2.45) is 0 Å². The summed E-state index contributed by atoms with van der Waals surface area (Å²) in [5.41, 5.74) is 0.630. The van der Waals surface area contributed by atoms with Gasteiger partial charge in [-0.15, -0.1) is 0 Å². The number of aliphatic hydroxyl groups excluding tert-OH is 1. The molecule has 2 heterocycles. The first-order chi connectivity index (χ1) is 10.5. The summed E-state index contributed by atoms with van der Waals surface area (Å²) in [5.74, 6) is 0.493. The average molecular weight is 306 g/mol. The van der Waals surface area contributed by atoms with E-state index >= 15 is 0 Å². The van der Waals surface area contributed by atoms with Crippen LogP contribution in [-0.2, 0) is 0 Å². The number of carbonyl (C=O) groups excluding carboxylic acids is 1. The zero-order valence-corrected chi connectivity index (χ0v) is 13.0. The van der Waals surface area contributed by atoms with Gasteiger partial charge in [0.2, 0.25) is 0 Å². The van der Waals surface area contributed by atoms with Crippen LogP contribution >= 0.6 is 0 Å². The fraction of sp³-hybridized carbons (Fsp3) is 0.467. The van der Waals surface area contributed by atoms with E-state index in [0.717, 1.165) is 0 Å². The topological polar surface area (TPSA) is 92.3 Å². The first-order valence-electron chi connectivity index (χ1n) is 7.29. The van der Waals surface area contributed by atoms with Crippen LogP contribution in [0.1, 0.15) is 45.1 Å². The van der Waals surface area contributed by atoms with Gasteiger partial charge >= 0.3 is 6.03 Å². The molecule has 0 aliphatic carbocycles. The molecule has 0 aromatic carbocycles. The van der Waals surface area contributed by atoms with Crippen molar-refractivity contribution in [3.63, 3.8) is 0 Å². The van der Waals surface area contributed by atoms with Crippen molar-refractivity contribution in [3.05, 3.63) is 36.5 Å². The Morgan fingerprint density at radius 3 is 2.82 bits per heavy atom. The number of hydrogen-bond acceptors (Lipinski definition) is 4. The second kappa shape index (κ2) is 7.13. The van der Waals surface area contributed by atoms with E-state index in [1.165, 1.54) is 6.26 Å². The molecule has 0 bridgehead atoms. The van der Waals surface area contributed by atoms with Gasteiger partial charge in [0, 0.05) is 24.7 Å². The average Bonchev–Trinajstić information content (AvgIpc) is 3.08. The molecule has 2 aromatic heterocycles. The standard InChI is InChI=1S/C15H22N4O3/c1-10(2)19-9-12(8-16-19)18-15(21)17-11(3)7-13(20)14-5-4-6-22-14/h4-6,8-11,13,20H,7H2,1-3H3,(H2,17,18,21)/t11-,13-/m1/s1. The number of aromatic nitrogens is 2. The Kier molecular flexibility index (Phi) is 5.21. The monoisotopic (exact) mass is 306 g/mol. The molecule has 22 heavy (non-hydrogen) atoms. The van der Waals surface area contributed by atoms with E-state index in [9.17, 15) is 9.90 Å². The highest BCUT2D eigenvalue weighted by atomic mass is 16.4. The van der Waals surface area contributed by atoms with Gasteiger partial charge in [0.05, 0.1) is 18.1 Å². The lowest BCUT2D eigenvalue weighted by atomic mass is 10.1. The predicted octanol–water partition coefficient (Wildman–Crippen LogP) is 2.69. The minimum atomic E-state index is -0.742. The molecule has 0 saturated heterocycles. The molecule has 120 valence electrons. The maximum absolute atomic E-state index is 11.9. The van der Waals surface area contributed by atoms with Crippen molar-refractivity contribution in [3.8, 4) is 0 Å². The molecule has 7 nitrogen and oxygen atoms in total. The molecule has 0 aliphatic heterocycles. The summed E-state index contributed by atoms with van der Waals surface area (Å²) in [6, 6.07) is 3.12. The Hall–Kier alpha value is -2.28. The second-order valence-corrected chi connectivity index (χ2v) is 5.57. The maximum atomic E-state index is 11.9. The lowest BCUT2D eigenvalue weighted by Crippen LogP contribution is -2.36. The maximum Gasteiger partial charge on any atom is 0.319 e. The third-order valence-electron chi connectivity index (χ3n) is 3.21. The van der Waals surface area contributed by atoms with Gasteiger partial charge in [0.25, 0.3) is 0 Å². The molecule has 0 spiro atoms. The fourth-order valence-corrected chi connectivity index (χ4v) is 2.07. The molecule has 0 unspecified atom stereocenters. The smallest absolute Gasteiger partial charge is 0.319 e. The summed E-state index contributed by atoms with van der Waals surface area (Å²) >= 11 is 0. The van der Waals surface area contributed by atoms with E-state index in [2.05, 4.69) is 15.7 Å². The van der Waals surface area contributed by atoms with Crippen LogP contribution in [-0.4, -0.2) is 27.0 Å². The third kappa shape index (κ3) is 4.36. The zero-order chi connectivity index (χ0) is 16.1. The summed E-state index contributed by atoms with van der Waals surface area (Å²) in [4.78, 5) is 11.9. The van der Waals surface area contributed by atoms with Crippen molar-refractivity contribution >= 4 is 11.7 Å². The van der Waals surface area contributed by atoms with Crippen LogP contribution < -0.4 is 10.6 Å². The summed E-state index contributed by atoms with van der Waals surface area (Å²) in [6.07, 6.45) is 4.50. The van der Waals surface area contributed by atoms with Crippen molar-refractivity contribution in [2.45, 2.75) is 45.4 Å². The van der Waals surface area contributed by atoms with Gasteiger partial charge in [0.1, 0.15) is 11.9 Å². The van der Waals surface area contributed by atoms with Crippen LogP contribution in [0.3, 0.4) is 0 Å². The van der Waals surface area contributed by atoms with Crippen LogP contribution in [0.4, 0.5) is 10.5 Å². The Balaban J connectivity index is 1.80. The Morgan fingerprint density at radius 2 is 2.23 bits per heavy atom. The largest absolute Gasteiger partial charge is 0.467 e. The number of carbonyl (C=O) groups is 1. The molecular formula is C15H22N4O3. The molecular weight excluding hydrogens is 284 g/mol. The molecule has 3 N–H and O–H groups in total. The van der Waals surface area contributed by atoms with Crippen LogP contribution in [0.15, 0.2) is 35.2 Å². The van der Waals surface area contributed by atoms with Gasteiger partial charge in [-0.2, -0.15) is 5.10 Å². The number of hydrogen-bond donors (Lipinski definition) is 3. The van der Waals surface area contributed by atoms with Gasteiger partial charge < -0.3 is 20.2 Å². The molecule has 2 atom stereocenters. The number of nitrogens with zero attached hydrogens (tertiary/aromatic N) is 2. The number of nitrogens with one attached hydrogen (secondary N) is 2. The number of aliphatic hydroxyl groups is 1. The second-order valence-electron chi connectivity index (χ2n) is 5.57. The van der Waals surface area contributed by atoms with E-state index in [1.807, 2.05) is 20.8 Å². The molecule has 2 rings (SSSR count). The summed E-state index contributed by atoms with van der Waals surface area (Å²) < 4.78 is 6.90. The van der Waals surface area contributed by atoms with E-state index in [4.69, 9.17) is 4.42 Å². The van der Waals surface area contributed by atoms with Crippen molar-refractivity contribution in [1.82, 2.24) is 15.1 Å².